The summed E-state index contributed by atoms with van der Waals surface area (Å²) in [5.41, 5.74) is 3.44. The van der Waals surface area contributed by atoms with Crippen LogP contribution in [0.15, 0.2) is 70.9 Å². The number of hydrogen-bond donors (Lipinski definition) is 2. The molecule has 1 aromatic heterocycles. The van der Waals surface area contributed by atoms with Crippen molar-refractivity contribution in [3.63, 3.8) is 0 Å². The summed E-state index contributed by atoms with van der Waals surface area (Å²) in [6, 6.07) is 12.7. The Morgan fingerprint density at radius 1 is 1.23 bits per heavy atom. The molecule has 0 saturated heterocycles. The first kappa shape index (κ1) is 29.1. The van der Waals surface area contributed by atoms with Crippen LogP contribution in [0.25, 0.3) is 16.5 Å². The van der Waals surface area contributed by atoms with Crippen LogP contribution in [-0.4, -0.2) is 40.6 Å². The van der Waals surface area contributed by atoms with Gasteiger partial charge in [0.15, 0.2) is 6.61 Å². The molecule has 40 heavy (non-hydrogen) atoms. The molecule has 0 fully saturated rings. The SMILES string of the molecule is CC/C1=C(\c2cccc(OCC(=O)NC(C)C)c2)C(C)CCC(=Nc2ccc3[nH]ncc3c2)/C(C(F)(F)F)=C\C1. The van der Waals surface area contributed by atoms with E-state index in [4.69, 9.17) is 4.74 Å². The minimum Gasteiger partial charge on any atom is -0.484 e. The predicted octanol–water partition coefficient (Wildman–Crippen LogP) is 7.71. The number of aliphatic imine (C=N–C) groups is 1. The fraction of sp³-hybridized carbons (Fsp3) is 0.387. The first-order valence-corrected chi connectivity index (χ1v) is 13.6. The number of carbonyl (C=O) groups excluding carboxylic acids is 1. The van der Waals surface area contributed by atoms with Gasteiger partial charge in [-0.05, 0) is 86.9 Å². The molecule has 2 aromatic carbocycles. The Labute approximate surface area is 232 Å². The van der Waals surface area contributed by atoms with Gasteiger partial charge in [-0.15, -0.1) is 0 Å². The molecule has 3 aromatic rings. The largest absolute Gasteiger partial charge is 0.484 e. The fourth-order valence-corrected chi connectivity index (χ4v) is 5.07. The number of fused-ring (bicyclic) bond motifs is 1. The molecule has 1 aliphatic rings. The Balaban J connectivity index is 1.67. The molecular formula is C31H35F3N4O2. The summed E-state index contributed by atoms with van der Waals surface area (Å²) in [7, 11) is 0. The van der Waals surface area contributed by atoms with Crippen LogP contribution in [0, 0.1) is 5.92 Å². The maximum atomic E-state index is 14.3. The second-order valence-electron chi connectivity index (χ2n) is 10.4. The number of benzene rings is 2. The lowest BCUT2D eigenvalue weighted by molar-refractivity contribution is -0.123. The highest BCUT2D eigenvalue weighted by Crippen LogP contribution is 2.39. The van der Waals surface area contributed by atoms with Gasteiger partial charge in [0.25, 0.3) is 5.91 Å². The van der Waals surface area contributed by atoms with Crippen molar-refractivity contribution < 1.29 is 22.7 Å². The van der Waals surface area contributed by atoms with Crippen LogP contribution in [0.5, 0.6) is 5.75 Å². The summed E-state index contributed by atoms with van der Waals surface area (Å²) in [6.07, 6.45) is -0.205. The minimum absolute atomic E-state index is 0.0102. The van der Waals surface area contributed by atoms with E-state index < -0.39 is 11.7 Å². The van der Waals surface area contributed by atoms with E-state index >= 15 is 0 Å². The third-order valence-electron chi connectivity index (χ3n) is 6.94. The second-order valence-corrected chi connectivity index (χ2v) is 10.4. The van der Waals surface area contributed by atoms with E-state index in [0.717, 1.165) is 27.6 Å². The van der Waals surface area contributed by atoms with E-state index in [1.807, 2.05) is 45.9 Å². The molecule has 0 saturated carbocycles. The molecule has 0 radical (unpaired) electrons. The zero-order valence-electron chi connectivity index (χ0n) is 23.2. The van der Waals surface area contributed by atoms with Gasteiger partial charge in [0.05, 0.1) is 28.7 Å². The molecule has 6 nitrogen and oxygen atoms in total. The van der Waals surface area contributed by atoms with Gasteiger partial charge in [-0.2, -0.15) is 18.3 Å². The van der Waals surface area contributed by atoms with Crippen molar-refractivity contribution in [3.05, 3.63) is 71.4 Å². The molecule has 9 heteroatoms. The molecule has 1 atom stereocenters. The van der Waals surface area contributed by atoms with Crippen molar-refractivity contribution in [2.75, 3.05) is 6.61 Å². The first-order valence-electron chi connectivity index (χ1n) is 13.6. The zero-order chi connectivity index (χ0) is 28.9. The maximum absolute atomic E-state index is 14.3. The molecule has 212 valence electrons. The average molecular weight is 553 g/mol. The monoisotopic (exact) mass is 552 g/mol. The van der Waals surface area contributed by atoms with E-state index in [0.29, 0.717) is 24.3 Å². The number of rotatable bonds is 7. The Kier molecular flexibility index (Phi) is 9.12. The van der Waals surface area contributed by atoms with Crippen LogP contribution in [-0.2, 0) is 4.79 Å². The van der Waals surface area contributed by atoms with Gasteiger partial charge in [-0.3, -0.25) is 14.9 Å². The third kappa shape index (κ3) is 7.20. The molecule has 2 N–H and O–H groups in total. The van der Waals surface area contributed by atoms with Crippen LogP contribution < -0.4 is 10.1 Å². The van der Waals surface area contributed by atoms with E-state index in [-0.39, 0.29) is 43.0 Å². The van der Waals surface area contributed by atoms with Crippen molar-refractivity contribution in [1.29, 1.82) is 0 Å². The molecule has 1 unspecified atom stereocenters. The highest BCUT2D eigenvalue weighted by Gasteiger charge is 2.37. The number of amides is 1. The topological polar surface area (TPSA) is 79.4 Å². The van der Waals surface area contributed by atoms with Crippen LogP contribution >= 0.6 is 0 Å². The Bertz CT molecular complexity index is 1450. The number of H-pyrrole nitrogens is 1. The molecular weight excluding hydrogens is 517 g/mol. The first-order chi connectivity index (χ1) is 19.0. The smallest absolute Gasteiger partial charge is 0.417 e. The minimum atomic E-state index is -4.53. The maximum Gasteiger partial charge on any atom is 0.417 e. The van der Waals surface area contributed by atoms with Crippen molar-refractivity contribution in [2.24, 2.45) is 10.9 Å². The normalized spacial score (nSPS) is 21.1. The number of nitrogens with one attached hydrogen (secondary N) is 2. The summed E-state index contributed by atoms with van der Waals surface area (Å²) in [5, 5.41) is 10.4. The second kappa shape index (κ2) is 12.5. The van der Waals surface area contributed by atoms with Gasteiger partial charge in [-0.25, -0.2) is 0 Å². The van der Waals surface area contributed by atoms with Crippen LogP contribution in [0.2, 0.25) is 0 Å². The molecule has 1 aliphatic carbocycles. The molecule has 4 rings (SSSR count). The van der Waals surface area contributed by atoms with Gasteiger partial charge in [0.1, 0.15) is 5.75 Å². The molecule has 0 aliphatic heterocycles. The predicted molar refractivity (Wildman–Crippen MR) is 153 cm³/mol. The highest BCUT2D eigenvalue weighted by molar-refractivity contribution is 6.03. The highest BCUT2D eigenvalue weighted by atomic mass is 19.4. The number of carbonyl (C=O) groups is 1. The number of halogens is 3. The number of hydrogen-bond acceptors (Lipinski definition) is 4. The standard InChI is InChI=1S/C31H35F3N4O2/c1-5-21-10-12-26(31(32,33)34)28(37-24-11-14-27-23(15-24)17-35-38-27)13-9-20(4)30(21)22-7-6-8-25(16-22)40-18-29(39)36-19(2)3/h6-8,11-12,14-17,19-20H,5,9-10,13,18H2,1-4H3,(H,35,38)(H,36,39)/b26-12+,30-21+,37-28?. The lowest BCUT2D eigenvalue weighted by atomic mass is 9.85. The van der Waals surface area contributed by atoms with Gasteiger partial charge in [0, 0.05) is 11.4 Å². The molecule has 1 amide bonds. The summed E-state index contributed by atoms with van der Waals surface area (Å²) in [5.74, 6) is 0.292. The molecule has 1 heterocycles. The average Bonchev–Trinajstić information content (AvgIpc) is 3.38. The fourth-order valence-electron chi connectivity index (χ4n) is 5.07. The van der Waals surface area contributed by atoms with Gasteiger partial charge in [-0.1, -0.05) is 37.6 Å². The van der Waals surface area contributed by atoms with Crippen LogP contribution in [0.1, 0.15) is 58.9 Å². The number of ether oxygens (including phenoxy) is 1. The lowest BCUT2D eigenvalue weighted by Crippen LogP contribution is -2.34. The number of aromatic nitrogens is 2. The van der Waals surface area contributed by atoms with Crippen molar-refractivity contribution in [2.45, 2.75) is 65.6 Å². The number of nitrogens with zero attached hydrogens (tertiary/aromatic N) is 2. The van der Waals surface area contributed by atoms with Crippen LogP contribution in [0.3, 0.4) is 0 Å². The Hall–Kier alpha value is -3.88. The Morgan fingerprint density at radius 3 is 2.75 bits per heavy atom. The summed E-state index contributed by atoms with van der Waals surface area (Å²) >= 11 is 0. The summed E-state index contributed by atoms with van der Waals surface area (Å²) in [6.45, 7) is 7.65. The number of allylic oxidation sites excluding steroid dienone is 4. The summed E-state index contributed by atoms with van der Waals surface area (Å²) < 4.78 is 48.8. The summed E-state index contributed by atoms with van der Waals surface area (Å²) in [4.78, 5) is 16.6. The van der Waals surface area contributed by atoms with Crippen molar-refractivity contribution in [1.82, 2.24) is 15.5 Å². The van der Waals surface area contributed by atoms with E-state index in [1.54, 1.807) is 30.5 Å². The Morgan fingerprint density at radius 2 is 2.02 bits per heavy atom. The molecule has 0 spiro atoms. The molecule has 0 bridgehead atoms. The quantitative estimate of drug-likeness (QED) is 0.315. The number of alkyl halides is 3. The van der Waals surface area contributed by atoms with Crippen LogP contribution in [0.4, 0.5) is 18.9 Å². The van der Waals surface area contributed by atoms with Gasteiger partial charge >= 0.3 is 6.18 Å². The zero-order valence-corrected chi connectivity index (χ0v) is 23.2. The van der Waals surface area contributed by atoms with E-state index in [9.17, 15) is 18.0 Å². The van der Waals surface area contributed by atoms with Gasteiger partial charge < -0.3 is 10.1 Å². The van der Waals surface area contributed by atoms with Crippen molar-refractivity contribution >= 4 is 33.8 Å². The third-order valence-corrected chi connectivity index (χ3v) is 6.94. The van der Waals surface area contributed by atoms with E-state index in [2.05, 4.69) is 20.5 Å². The van der Waals surface area contributed by atoms with Crippen molar-refractivity contribution in [3.8, 4) is 5.75 Å². The van der Waals surface area contributed by atoms with E-state index in [1.165, 1.54) is 6.08 Å². The lowest BCUT2D eigenvalue weighted by Gasteiger charge is -2.21. The number of aromatic amines is 1. The van der Waals surface area contributed by atoms with Gasteiger partial charge in [0.2, 0.25) is 0 Å².